The van der Waals surface area contributed by atoms with Gasteiger partial charge in [0.05, 0.1) is 42.7 Å². The molecule has 6 nitrogen and oxygen atoms in total. The lowest BCUT2D eigenvalue weighted by Gasteiger charge is -2.15. The summed E-state index contributed by atoms with van der Waals surface area (Å²) in [5.74, 6) is 0.858. The number of hydrogen-bond acceptors (Lipinski definition) is 5. The molecule has 7 heteroatoms. The van der Waals surface area contributed by atoms with E-state index in [1.165, 1.54) is 13.2 Å². The Labute approximate surface area is 163 Å². The molecular weight excluding hydrogens is 368 g/mol. The minimum absolute atomic E-state index is 0.289. The van der Waals surface area contributed by atoms with E-state index in [4.69, 9.17) is 31.1 Å². The number of methoxy groups -OCH3 is 1. The molecule has 0 unspecified atom stereocenters. The van der Waals surface area contributed by atoms with Gasteiger partial charge in [0.25, 0.3) is 5.91 Å². The van der Waals surface area contributed by atoms with Crippen LogP contribution in [0.3, 0.4) is 0 Å². The maximum atomic E-state index is 12.7. The number of nitrogens with zero attached hydrogens (tertiary/aromatic N) is 1. The summed E-state index contributed by atoms with van der Waals surface area (Å²) in [5.41, 5.74) is 1.10. The number of amides is 1. The van der Waals surface area contributed by atoms with Crippen molar-refractivity contribution in [2.75, 3.05) is 25.6 Å². The van der Waals surface area contributed by atoms with Gasteiger partial charge in [-0.2, -0.15) is 5.26 Å². The second kappa shape index (κ2) is 9.70. The van der Waals surface area contributed by atoms with Gasteiger partial charge in [0.15, 0.2) is 11.5 Å². The molecule has 0 aliphatic rings. The van der Waals surface area contributed by atoms with Gasteiger partial charge >= 0.3 is 0 Å². The van der Waals surface area contributed by atoms with Crippen LogP contribution in [0.2, 0.25) is 5.02 Å². The Bertz CT molecular complexity index is 862. The molecule has 0 saturated carbocycles. The largest absolute Gasteiger partial charge is 0.495 e. The highest BCUT2D eigenvalue weighted by molar-refractivity contribution is 6.32. The second-order valence-electron chi connectivity index (χ2n) is 5.55. The highest BCUT2D eigenvalue weighted by Gasteiger charge is 2.17. The lowest BCUT2D eigenvalue weighted by Crippen LogP contribution is -2.13. The summed E-state index contributed by atoms with van der Waals surface area (Å²) in [6.07, 6.45) is 0.819. The van der Waals surface area contributed by atoms with Crippen LogP contribution in [0.15, 0.2) is 30.3 Å². The highest BCUT2D eigenvalue weighted by atomic mass is 35.5. The molecule has 0 aliphatic carbocycles. The monoisotopic (exact) mass is 388 g/mol. The van der Waals surface area contributed by atoms with Crippen molar-refractivity contribution in [2.45, 2.75) is 20.3 Å². The number of nitriles is 1. The van der Waals surface area contributed by atoms with Crippen molar-refractivity contribution in [3.63, 3.8) is 0 Å². The molecule has 1 N–H and O–H groups in total. The summed E-state index contributed by atoms with van der Waals surface area (Å²) in [4.78, 5) is 12.7. The molecule has 0 fully saturated rings. The van der Waals surface area contributed by atoms with Crippen LogP contribution in [0.5, 0.6) is 17.2 Å². The van der Waals surface area contributed by atoms with E-state index in [1.54, 1.807) is 24.3 Å². The number of ether oxygens (including phenoxy) is 3. The van der Waals surface area contributed by atoms with Crippen LogP contribution in [0.4, 0.5) is 5.69 Å². The zero-order valence-electron chi connectivity index (χ0n) is 15.5. The predicted octanol–water partition coefficient (Wildman–Crippen LogP) is 4.66. The molecule has 2 aromatic carbocycles. The Kier molecular flexibility index (Phi) is 7.33. The van der Waals surface area contributed by atoms with E-state index < -0.39 is 5.91 Å². The Balaban J connectivity index is 2.35. The molecule has 27 heavy (non-hydrogen) atoms. The first-order chi connectivity index (χ1) is 13.0. The SMILES string of the molecule is CCCOc1c(Cl)cc(C(=O)Nc2cc(C#N)ccc2OC)cc1OCC. The number of benzene rings is 2. The quantitative estimate of drug-likeness (QED) is 0.711. The number of carbonyl (C=O) groups excluding carboxylic acids is 1. The van der Waals surface area contributed by atoms with Crippen LogP contribution >= 0.6 is 11.6 Å². The molecule has 0 aliphatic heterocycles. The van der Waals surface area contributed by atoms with Crippen LogP contribution in [-0.2, 0) is 0 Å². The Morgan fingerprint density at radius 2 is 1.96 bits per heavy atom. The van der Waals surface area contributed by atoms with E-state index in [9.17, 15) is 4.79 Å². The maximum Gasteiger partial charge on any atom is 0.255 e. The normalized spacial score (nSPS) is 10.0. The average Bonchev–Trinajstić information content (AvgIpc) is 2.67. The van der Waals surface area contributed by atoms with E-state index in [1.807, 2.05) is 19.9 Å². The molecule has 0 atom stereocenters. The zero-order chi connectivity index (χ0) is 19.8. The van der Waals surface area contributed by atoms with Crippen molar-refractivity contribution in [2.24, 2.45) is 0 Å². The molecule has 0 bridgehead atoms. The zero-order valence-corrected chi connectivity index (χ0v) is 16.2. The number of carbonyl (C=O) groups is 1. The van der Waals surface area contributed by atoms with Crippen molar-refractivity contribution in [3.05, 3.63) is 46.5 Å². The van der Waals surface area contributed by atoms with E-state index in [-0.39, 0.29) is 5.02 Å². The van der Waals surface area contributed by atoms with Crippen molar-refractivity contribution >= 4 is 23.2 Å². The highest BCUT2D eigenvalue weighted by Crippen LogP contribution is 2.37. The number of hydrogen-bond donors (Lipinski definition) is 1. The summed E-state index contributed by atoms with van der Waals surface area (Å²) < 4.78 is 16.5. The molecule has 142 valence electrons. The minimum atomic E-state index is -0.409. The molecular formula is C20H21ClN2O4. The van der Waals surface area contributed by atoms with E-state index in [2.05, 4.69) is 5.32 Å². The standard InChI is InChI=1S/C20H21ClN2O4/c1-4-8-27-19-15(21)10-14(11-18(19)26-5-2)20(24)23-16-9-13(12-22)6-7-17(16)25-3/h6-7,9-11H,4-5,8H2,1-3H3,(H,23,24). The predicted molar refractivity (Wildman–Crippen MR) is 104 cm³/mol. The molecule has 0 spiro atoms. The van der Waals surface area contributed by atoms with Crippen LogP contribution in [0.1, 0.15) is 36.2 Å². The fraction of sp³-hybridized carbons (Fsp3) is 0.300. The van der Waals surface area contributed by atoms with Gasteiger partial charge in [0, 0.05) is 5.56 Å². The van der Waals surface area contributed by atoms with Gasteiger partial charge in [-0.1, -0.05) is 18.5 Å². The molecule has 0 radical (unpaired) electrons. The molecule has 0 saturated heterocycles. The fourth-order valence-corrected chi connectivity index (χ4v) is 2.64. The Morgan fingerprint density at radius 1 is 1.19 bits per heavy atom. The van der Waals surface area contributed by atoms with Gasteiger partial charge in [0.2, 0.25) is 0 Å². The van der Waals surface area contributed by atoms with Crippen LogP contribution in [-0.4, -0.2) is 26.2 Å². The summed E-state index contributed by atoms with van der Waals surface area (Å²) >= 11 is 6.31. The van der Waals surface area contributed by atoms with Gasteiger partial charge in [-0.05, 0) is 43.7 Å². The van der Waals surface area contributed by atoms with Gasteiger partial charge in [-0.15, -0.1) is 0 Å². The maximum absolute atomic E-state index is 12.7. The first-order valence-corrected chi connectivity index (χ1v) is 8.90. The van der Waals surface area contributed by atoms with Crippen LogP contribution in [0.25, 0.3) is 0 Å². The average molecular weight is 389 g/mol. The smallest absolute Gasteiger partial charge is 0.255 e. The van der Waals surface area contributed by atoms with E-state index in [0.29, 0.717) is 47.3 Å². The van der Waals surface area contributed by atoms with Crippen molar-refractivity contribution < 1.29 is 19.0 Å². The van der Waals surface area contributed by atoms with Crippen molar-refractivity contribution in [1.29, 1.82) is 5.26 Å². The third-order valence-corrected chi connectivity index (χ3v) is 3.88. The molecule has 2 rings (SSSR count). The minimum Gasteiger partial charge on any atom is -0.495 e. The first-order valence-electron chi connectivity index (χ1n) is 8.52. The summed E-state index contributed by atoms with van der Waals surface area (Å²) in [6, 6.07) is 9.90. The number of anilines is 1. The molecule has 1 amide bonds. The van der Waals surface area contributed by atoms with Gasteiger partial charge < -0.3 is 19.5 Å². The third-order valence-electron chi connectivity index (χ3n) is 3.60. The van der Waals surface area contributed by atoms with E-state index >= 15 is 0 Å². The van der Waals surface area contributed by atoms with Crippen LogP contribution < -0.4 is 19.5 Å². The summed E-state index contributed by atoms with van der Waals surface area (Å²) in [6.45, 7) is 4.72. The Morgan fingerprint density at radius 3 is 2.59 bits per heavy atom. The lowest BCUT2D eigenvalue weighted by molar-refractivity contribution is 0.102. The fourth-order valence-electron chi connectivity index (χ4n) is 2.38. The lowest BCUT2D eigenvalue weighted by atomic mass is 10.1. The van der Waals surface area contributed by atoms with Crippen molar-refractivity contribution in [1.82, 2.24) is 0 Å². The number of rotatable bonds is 8. The van der Waals surface area contributed by atoms with Gasteiger partial charge in [0.1, 0.15) is 5.75 Å². The summed E-state index contributed by atoms with van der Waals surface area (Å²) in [7, 11) is 1.49. The van der Waals surface area contributed by atoms with Gasteiger partial charge in [-0.3, -0.25) is 4.79 Å². The number of halogens is 1. The third kappa shape index (κ3) is 5.05. The van der Waals surface area contributed by atoms with Crippen LogP contribution in [0, 0.1) is 11.3 Å². The first kappa shape index (κ1) is 20.4. The molecule has 2 aromatic rings. The Hall–Kier alpha value is -2.91. The molecule has 0 heterocycles. The second-order valence-corrected chi connectivity index (χ2v) is 5.95. The van der Waals surface area contributed by atoms with E-state index in [0.717, 1.165) is 6.42 Å². The summed E-state index contributed by atoms with van der Waals surface area (Å²) in [5, 5.41) is 12.1. The number of nitrogens with one attached hydrogen (secondary N) is 1. The topological polar surface area (TPSA) is 80.6 Å². The van der Waals surface area contributed by atoms with Gasteiger partial charge in [-0.25, -0.2) is 0 Å². The molecule has 0 aromatic heterocycles. The van der Waals surface area contributed by atoms with Crippen molar-refractivity contribution in [3.8, 4) is 23.3 Å².